The maximum Gasteiger partial charge on any atom is 0.304 e. The quantitative estimate of drug-likeness (QED) is 0.0751. The minimum atomic E-state index is -1.16. The van der Waals surface area contributed by atoms with Crippen LogP contribution in [0.15, 0.2) is 0 Å². The fraction of sp³-hybridized carbons (Fsp3) is 0.933. The van der Waals surface area contributed by atoms with E-state index in [-0.39, 0.29) is 22.7 Å². The van der Waals surface area contributed by atoms with E-state index in [4.69, 9.17) is 0 Å². The Morgan fingerprint density at radius 2 is 0.694 bits per heavy atom. The van der Waals surface area contributed by atoms with Gasteiger partial charge in [-0.15, -0.1) is 0 Å². The van der Waals surface area contributed by atoms with E-state index in [2.05, 4.69) is 13.8 Å². The molecule has 0 bridgehead atoms. The maximum atomic E-state index is 11.4. The van der Waals surface area contributed by atoms with Crippen LogP contribution in [0.2, 0.25) is 0 Å². The summed E-state index contributed by atoms with van der Waals surface area (Å²) < 4.78 is 0. The lowest BCUT2D eigenvalue weighted by atomic mass is 10.1. The van der Waals surface area contributed by atoms with Gasteiger partial charge < -0.3 is 10.2 Å². The van der Waals surface area contributed by atoms with E-state index in [1.807, 2.05) is 0 Å². The Bertz CT molecular complexity index is 457. The lowest BCUT2D eigenvalue weighted by molar-refractivity contribution is -0.137. The molecule has 6 heteroatoms. The second-order valence-corrected chi connectivity index (χ2v) is 14.8. The minimum Gasteiger partial charge on any atom is -0.481 e. The van der Waals surface area contributed by atoms with Crippen molar-refractivity contribution in [1.82, 2.24) is 0 Å². The van der Waals surface area contributed by atoms with Crippen LogP contribution < -0.4 is 0 Å². The Morgan fingerprint density at radius 3 is 0.944 bits per heavy atom. The third-order valence-electron chi connectivity index (χ3n) is 7.36. The monoisotopic (exact) mass is 550 g/mol. The van der Waals surface area contributed by atoms with Gasteiger partial charge in [-0.2, -0.15) is 9.90 Å². The van der Waals surface area contributed by atoms with Crippen LogP contribution in [0.25, 0.3) is 0 Å². The molecule has 0 spiro atoms. The Labute approximate surface area is 229 Å². The summed E-state index contributed by atoms with van der Waals surface area (Å²) >= 11 is 0. The van der Waals surface area contributed by atoms with Gasteiger partial charge in [-0.3, -0.25) is 9.59 Å². The normalized spacial score (nSPS) is 11.8. The molecule has 4 nitrogen and oxygen atoms in total. The number of carboxylic acids is 2. The predicted octanol–water partition coefficient (Wildman–Crippen LogP) is 9.64. The Kier molecular flexibility index (Phi) is 29.2. The van der Waals surface area contributed by atoms with Gasteiger partial charge in [0.25, 0.3) is 0 Å². The Morgan fingerprint density at radius 1 is 0.444 bits per heavy atom. The molecule has 0 aliphatic carbocycles. The van der Waals surface area contributed by atoms with E-state index in [1.165, 1.54) is 116 Å². The Hall–Kier alpha value is -0.280. The Balaban J connectivity index is 0. The molecule has 0 aromatic heterocycles. The van der Waals surface area contributed by atoms with E-state index >= 15 is 0 Å². The molecule has 0 aromatic carbocycles. The number of hydrogen-bond acceptors (Lipinski definition) is 2. The standard InChI is InChI=1S/C30H60O4S.H3P/c1-3-5-7-9-11-13-15-17-19-21-25-35(27-23-29(31)32,28-24-30(33)34)26-22-20-18-16-14-12-10-8-6-4-2;/h3-28H2,1-2H3,(H,31,32)(H,33,34);1H3. The molecule has 0 rings (SSSR count). The molecule has 0 radical (unpaired) electrons. The molecule has 0 fully saturated rings. The van der Waals surface area contributed by atoms with Gasteiger partial charge in [0.15, 0.2) is 0 Å². The first-order valence-electron chi connectivity index (χ1n) is 15.1. The van der Waals surface area contributed by atoms with E-state index in [1.54, 1.807) is 0 Å². The van der Waals surface area contributed by atoms with Crippen LogP contribution in [-0.4, -0.2) is 45.2 Å². The lowest BCUT2D eigenvalue weighted by Crippen LogP contribution is -2.21. The van der Waals surface area contributed by atoms with Gasteiger partial charge in [-0.25, -0.2) is 10.0 Å². The number of aliphatic carboxylic acids is 2. The third-order valence-corrected chi connectivity index (χ3v) is 11.8. The highest BCUT2D eigenvalue weighted by molar-refractivity contribution is 8.33. The zero-order chi connectivity index (χ0) is 26.0. The van der Waals surface area contributed by atoms with Crippen LogP contribution in [0.3, 0.4) is 0 Å². The van der Waals surface area contributed by atoms with Crippen LogP contribution in [0, 0.1) is 0 Å². The molecule has 0 aliphatic heterocycles. The fourth-order valence-electron chi connectivity index (χ4n) is 5.01. The van der Waals surface area contributed by atoms with Crippen LogP contribution in [0.1, 0.15) is 155 Å². The summed E-state index contributed by atoms with van der Waals surface area (Å²) in [5.41, 5.74) is 0. The molecule has 0 aromatic rings. The molecular weight excluding hydrogens is 487 g/mol. The van der Waals surface area contributed by atoms with Crippen molar-refractivity contribution in [2.75, 3.05) is 23.0 Å². The molecule has 218 valence electrons. The van der Waals surface area contributed by atoms with Crippen LogP contribution in [-0.2, 0) is 9.59 Å². The molecular formula is C30H63O4PS. The zero-order valence-electron chi connectivity index (χ0n) is 24.2. The van der Waals surface area contributed by atoms with Crippen LogP contribution in [0.4, 0.5) is 0 Å². The largest absolute Gasteiger partial charge is 0.481 e. The molecule has 36 heavy (non-hydrogen) atoms. The topological polar surface area (TPSA) is 74.6 Å². The van der Waals surface area contributed by atoms with Gasteiger partial charge in [0, 0.05) is 0 Å². The second kappa shape index (κ2) is 27.7. The molecule has 0 saturated heterocycles. The highest BCUT2D eigenvalue weighted by Crippen LogP contribution is 2.51. The smallest absolute Gasteiger partial charge is 0.304 e. The average molecular weight is 551 g/mol. The highest BCUT2D eigenvalue weighted by Gasteiger charge is 2.25. The van der Waals surface area contributed by atoms with E-state index in [0.717, 1.165) is 24.3 Å². The first-order valence-corrected chi connectivity index (χ1v) is 17.4. The van der Waals surface area contributed by atoms with Crippen molar-refractivity contribution < 1.29 is 19.8 Å². The average Bonchev–Trinajstić information content (AvgIpc) is 2.83. The highest BCUT2D eigenvalue weighted by atomic mass is 32.3. The number of rotatable bonds is 28. The van der Waals surface area contributed by atoms with Gasteiger partial charge in [0.05, 0.1) is 12.8 Å². The van der Waals surface area contributed by atoms with E-state index in [0.29, 0.717) is 11.5 Å². The number of carboxylic acid groups (broad SMARTS) is 2. The molecule has 0 heterocycles. The lowest BCUT2D eigenvalue weighted by Gasteiger charge is -2.40. The van der Waals surface area contributed by atoms with Crippen molar-refractivity contribution >= 4 is 31.9 Å². The summed E-state index contributed by atoms with van der Waals surface area (Å²) in [7, 11) is -1.16. The summed E-state index contributed by atoms with van der Waals surface area (Å²) in [4.78, 5) is 22.7. The van der Waals surface area contributed by atoms with Gasteiger partial charge in [-0.1, -0.05) is 129 Å². The third kappa shape index (κ3) is 25.4. The molecule has 0 aliphatic rings. The van der Waals surface area contributed by atoms with Crippen molar-refractivity contribution in [1.29, 1.82) is 0 Å². The number of carbonyl (C=O) groups is 2. The molecule has 0 saturated carbocycles. The van der Waals surface area contributed by atoms with Gasteiger partial charge in [-0.05, 0) is 35.9 Å². The van der Waals surface area contributed by atoms with Crippen molar-refractivity contribution in [3.8, 4) is 0 Å². The fourth-order valence-corrected chi connectivity index (χ4v) is 9.08. The van der Waals surface area contributed by atoms with Gasteiger partial charge >= 0.3 is 11.9 Å². The summed E-state index contributed by atoms with van der Waals surface area (Å²) in [6.45, 7) is 4.51. The van der Waals surface area contributed by atoms with Crippen LogP contribution >= 0.6 is 19.9 Å². The maximum absolute atomic E-state index is 11.4. The first-order chi connectivity index (χ1) is 17.0. The molecule has 1 unspecified atom stereocenters. The van der Waals surface area contributed by atoms with Crippen molar-refractivity contribution in [2.24, 2.45) is 0 Å². The van der Waals surface area contributed by atoms with Gasteiger partial charge in [0.2, 0.25) is 0 Å². The number of hydrogen-bond donors (Lipinski definition) is 2. The molecule has 0 amide bonds. The molecule has 1 atom stereocenters. The van der Waals surface area contributed by atoms with Crippen LogP contribution in [0.5, 0.6) is 0 Å². The summed E-state index contributed by atoms with van der Waals surface area (Å²) in [6.07, 6.45) is 26.4. The summed E-state index contributed by atoms with van der Waals surface area (Å²) in [6, 6.07) is 0. The SMILES string of the molecule is CCCCCCCCCCCCS(CCCCCCCCCCCC)(CCC(=O)O)CCC(=O)O.P. The summed E-state index contributed by atoms with van der Waals surface area (Å²) in [5.74, 6) is 2.10. The van der Waals surface area contributed by atoms with Crippen molar-refractivity contribution in [3.63, 3.8) is 0 Å². The predicted molar refractivity (Wildman–Crippen MR) is 166 cm³/mol. The number of unbranched alkanes of at least 4 members (excludes halogenated alkanes) is 18. The van der Waals surface area contributed by atoms with Gasteiger partial charge in [0.1, 0.15) is 0 Å². The zero-order valence-corrected chi connectivity index (χ0v) is 26.4. The minimum absolute atomic E-state index is 0. The second-order valence-electron chi connectivity index (χ2n) is 10.7. The van der Waals surface area contributed by atoms with Crippen molar-refractivity contribution in [3.05, 3.63) is 0 Å². The summed E-state index contributed by atoms with van der Waals surface area (Å²) in [5, 5.41) is 18.7. The van der Waals surface area contributed by atoms with E-state index < -0.39 is 22.0 Å². The van der Waals surface area contributed by atoms with E-state index in [9.17, 15) is 19.8 Å². The first kappa shape index (κ1) is 37.9. The van der Waals surface area contributed by atoms with Crippen molar-refractivity contribution in [2.45, 2.75) is 155 Å². The molecule has 2 N–H and O–H groups in total.